The molecular weight excluding hydrogens is 256 g/mol. The van der Waals surface area contributed by atoms with Crippen LogP contribution in [0.25, 0.3) is 11.1 Å². The first-order chi connectivity index (χ1) is 10.3. The quantitative estimate of drug-likeness (QED) is 0.695. The summed E-state index contributed by atoms with van der Waals surface area (Å²) in [4.78, 5) is 0. The van der Waals surface area contributed by atoms with E-state index in [1.54, 1.807) is 6.07 Å². The fraction of sp³-hybridized carbons (Fsp3) is 0.100. The summed E-state index contributed by atoms with van der Waals surface area (Å²) in [6.07, 6.45) is 0. The zero-order valence-electron chi connectivity index (χ0n) is 12.0. The third kappa shape index (κ3) is 2.82. The lowest BCUT2D eigenvalue weighted by Crippen LogP contribution is -1.98. The highest BCUT2D eigenvalue weighted by Crippen LogP contribution is 2.35. The first kappa shape index (κ1) is 13.4. The predicted octanol–water partition coefficient (Wildman–Crippen LogP) is 5.21. The number of benzene rings is 3. The van der Waals surface area contributed by atoms with E-state index in [4.69, 9.17) is 0 Å². The monoisotopic (exact) mass is 274 g/mol. The van der Waals surface area contributed by atoms with Crippen molar-refractivity contribution in [1.82, 2.24) is 0 Å². The number of phenolic OH excluding ortho intramolecular Hbond substituents is 1. The lowest BCUT2D eigenvalue weighted by atomic mass is 9.87. The molecule has 0 saturated carbocycles. The van der Waals surface area contributed by atoms with Gasteiger partial charge >= 0.3 is 0 Å². The minimum Gasteiger partial charge on any atom is -0.508 e. The van der Waals surface area contributed by atoms with Gasteiger partial charge in [0.1, 0.15) is 5.75 Å². The van der Waals surface area contributed by atoms with E-state index in [1.165, 1.54) is 11.1 Å². The topological polar surface area (TPSA) is 20.2 Å². The van der Waals surface area contributed by atoms with Gasteiger partial charge in [-0.25, -0.2) is 0 Å². The summed E-state index contributed by atoms with van der Waals surface area (Å²) >= 11 is 0. The number of rotatable bonds is 3. The van der Waals surface area contributed by atoms with Crippen molar-refractivity contribution in [3.63, 3.8) is 0 Å². The van der Waals surface area contributed by atoms with Crippen molar-refractivity contribution in [2.24, 2.45) is 0 Å². The molecule has 0 saturated heterocycles. The molecule has 0 radical (unpaired) electrons. The van der Waals surface area contributed by atoms with Crippen LogP contribution in [0.15, 0.2) is 78.9 Å². The third-order valence-corrected chi connectivity index (χ3v) is 3.89. The van der Waals surface area contributed by atoms with Crippen LogP contribution in [-0.2, 0) is 0 Å². The molecule has 21 heavy (non-hydrogen) atoms. The molecule has 104 valence electrons. The van der Waals surface area contributed by atoms with Crippen LogP contribution in [0.5, 0.6) is 5.75 Å². The van der Waals surface area contributed by atoms with Crippen LogP contribution in [0.4, 0.5) is 0 Å². The Kier molecular flexibility index (Phi) is 3.74. The highest BCUT2D eigenvalue weighted by Gasteiger charge is 2.14. The average Bonchev–Trinajstić information content (AvgIpc) is 2.56. The second kappa shape index (κ2) is 5.84. The van der Waals surface area contributed by atoms with E-state index in [0.717, 1.165) is 11.1 Å². The summed E-state index contributed by atoms with van der Waals surface area (Å²) in [5, 5.41) is 9.85. The highest BCUT2D eigenvalue weighted by atomic mass is 16.3. The number of phenols is 1. The normalized spacial score (nSPS) is 12.0. The highest BCUT2D eigenvalue weighted by molar-refractivity contribution is 5.70. The standard InChI is InChI=1S/C20H18O/c1-15(16-8-4-2-5-9-16)19-13-12-18(21)14-20(19)17-10-6-3-7-11-17/h2-15,21H,1H3. The van der Waals surface area contributed by atoms with Crippen molar-refractivity contribution in [3.8, 4) is 16.9 Å². The molecule has 3 rings (SSSR count). The number of hydrogen-bond donors (Lipinski definition) is 1. The molecule has 1 unspecified atom stereocenters. The summed E-state index contributed by atoms with van der Waals surface area (Å²) in [6.45, 7) is 2.20. The molecule has 1 heteroatoms. The van der Waals surface area contributed by atoms with Gasteiger partial charge in [0.25, 0.3) is 0 Å². The maximum atomic E-state index is 9.85. The smallest absolute Gasteiger partial charge is 0.116 e. The van der Waals surface area contributed by atoms with E-state index in [-0.39, 0.29) is 5.92 Å². The van der Waals surface area contributed by atoms with Gasteiger partial charge in [0.2, 0.25) is 0 Å². The largest absolute Gasteiger partial charge is 0.508 e. The van der Waals surface area contributed by atoms with Crippen molar-refractivity contribution in [2.75, 3.05) is 0 Å². The molecule has 0 amide bonds. The molecule has 0 aromatic heterocycles. The van der Waals surface area contributed by atoms with Crippen LogP contribution in [0.1, 0.15) is 24.0 Å². The molecule has 0 spiro atoms. The zero-order valence-corrected chi connectivity index (χ0v) is 12.0. The molecular formula is C20H18O. The Labute approximate surface area is 125 Å². The summed E-state index contributed by atoms with van der Waals surface area (Å²) in [5.41, 5.74) is 4.73. The number of hydrogen-bond acceptors (Lipinski definition) is 1. The Balaban J connectivity index is 2.11. The molecule has 0 bridgehead atoms. The van der Waals surface area contributed by atoms with Crippen molar-refractivity contribution in [3.05, 3.63) is 90.0 Å². The molecule has 1 N–H and O–H groups in total. The Morgan fingerprint density at radius 1 is 0.762 bits per heavy atom. The first-order valence-corrected chi connectivity index (χ1v) is 7.19. The molecule has 0 aliphatic rings. The molecule has 3 aromatic rings. The van der Waals surface area contributed by atoms with E-state index in [2.05, 4.69) is 43.3 Å². The summed E-state index contributed by atoms with van der Waals surface area (Å²) in [6, 6.07) is 26.3. The summed E-state index contributed by atoms with van der Waals surface area (Å²) in [5.74, 6) is 0.583. The second-order valence-electron chi connectivity index (χ2n) is 5.27. The maximum Gasteiger partial charge on any atom is 0.116 e. The van der Waals surface area contributed by atoms with Crippen LogP contribution in [0.3, 0.4) is 0 Å². The molecule has 1 nitrogen and oxygen atoms in total. The van der Waals surface area contributed by atoms with Gasteiger partial charge in [-0.3, -0.25) is 0 Å². The van der Waals surface area contributed by atoms with E-state index < -0.39 is 0 Å². The zero-order chi connectivity index (χ0) is 14.7. The van der Waals surface area contributed by atoms with Gasteiger partial charge in [-0.15, -0.1) is 0 Å². The Morgan fingerprint density at radius 2 is 1.38 bits per heavy atom. The fourth-order valence-corrected chi connectivity index (χ4v) is 2.71. The molecule has 0 fully saturated rings. The third-order valence-electron chi connectivity index (χ3n) is 3.89. The van der Waals surface area contributed by atoms with Gasteiger partial charge < -0.3 is 5.11 Å². The van der Waals surface area contributed by atoms with Crippen molar-refractivity contribution >= 4 is 0 Å². The lowest BCUT2D eigenvalue weighted by molar-refractivity contribution is 0.475. The fourth-order valence-electron chi connectivity index (χ4n) is 2.71. The van der Waals surface area contributed by atoms with Crippen molar-refractivity contribution in [2.45, 2.75) is 12.8 Å². The van der Waals surface area contributed by atoms with Crippen LogP contribution in [0.2, 0.25) is 0 Å². The average molecular weight is 274 g/mol. The number of aromatic hydroxyl groups is 1. The SMILES string of the molecule is CC(c1ccccc1)c1ccc(O)cc1-c1ccccc1. The first-order valence-electron chi connectivity index (χ1n) is 7.19. The van der Waals surface area contributed by atoms with Gasteiger partial charge in [-0.2, -0.15) is 0 Å². The second-order valence-corrected chi connectivity index (χ2v) is 5.27. The molecule has 1 atom stereocenters. The Hall–Kier alpha value is -2.54. The van der Waals surface area contributed by atoms with Gasteiger partial charge in [0.15, 0.2) is 0 Å². The van der Waals surface area contributed by atoms with Gasteiger partial charge in [0, 0.05) is 5.92 Å². The Bertz CT molecular complexity index is 717. The molecule has 0 aliphatic carbocycles. The predicted molar refractivity (Wildman–Crippen MR) is 87.5 cm³/mol. The van der Waals surface area contributed by atoms with E-state index in [1.807, 2.05) is 36.4 Å². The van der Waals surface area contributed by atoms with Crippen molar-refractivity contribution < 1.29 is 5.11 Å². The summed E-state index contributed by atoms with van der Waals surface area (Å²) in [7, 11) is 0. The van der Waals surface area contributed by atoms with Crippen LogP contribution < -0.4 is 0 Å². The molecule has 3 aromatic carbocycles. The molecule has 0 heterocycles. The van der Waals surface area contributed by atoms with Crippen molar-refractivity contribution in [1.29, 1.82) is 0 Å². The van der Waals surface area contributed by atoms with Gasteiger partial charge in [0.05, 0.1) is 0 Å². The van der Waals surface area contributed by atoms with E-state index in [9.17, 15) is 5.11 Å². The minimum absolute atomic E-state index is 0.280. The minimum atomic E-state index is 0.280. The van der Waals surface area contributed by atoms with E-state index in [0.29, 0.717) is 5.75 Å². The maximum absolute atomic E-state index is 9.85. The van der Waals surface area contributed by atoms with Crippen LogP contribution in [-0.4, -0.2) is 5.11 Å². The van der Waals surface area contributed by atoms with Crippen LogP contribution in [0, 0.1) is 0 Å². The Morgan fingerprint density at radius 3 is 2.05 bits per heavy atom. The van der Waals surface area contributed by atoms with E-state index >= 15 is 0 Å². The summed E-state index contributed by atoms with van der Waals surface area (Å²) < 4.78 is 0. The molecule has 0 aliphatic heterocycles. The lowest BCUT2D eigenvalue weighted by Gasteiger charge is -2.17. The van der Waals surface area contributed by atoms with Crippen LogP contribution >= 0.6 is 0 Å². The van der Waals surface area contributed by atoms with Gasteiger partial charge in [-0.1, -0.05) is 73.7 Å². The van der Waals surface area contributed by atoms with Gasteiger partial charge in [-0.05, 0) is 34.4 Å².